The van der Waals surface area contributed by atoms with Crippen LogP contribution in [-0.4, -0.2) is 15.9 Å². The average molecular weight is 367 g/mol. The van der Waals surface area contributed by atoms with Gasteiger partial charge >= 0.3 is 0 Å². The van der Waals surface area contributed by atoms with Crippen molar-refractivity contribution in [1.29, 1.82) is 0 Å². The quantitative estimate of drug-likeness (QED) is 0.727. The van der Waals surface area contributed by atoms with Crippen molar-refractivity contribution < 1.29 is 9.18 Å². The average Bonchev–Trinajstić information content (AvgIpc) is 2.81. The van der Waals surface area contributed by atoms with Crippen molar-refractivity contribution in [1.82, 2.24) is 9.97 Å². The van der Waals surface area contributed by atoms with E-state index < -0.39 is 11.7 Å². The molecule has 3 rings (SSSR count). The van der Waals surface area contributed by atoms with Crippen molar-refractivity contribution in [3.8, 4) is 0 Å². The molecule has 0 bridgehead atoms. The summed E-state index contributed by atoms with van der Waals surface area (Å²) in [6, 6.07) is 4.29. The number of aromatic nitrogens is 2. The third kappa shape index (κ3) is 2.59. The Morgan fingerprint density at radius 3 is 2.86 bits per heavy atom. The van der Waals surface area contributed by atoms with Gasteiger partial charge in [0.15, 0.2) is 0 Å². The summed E-state index contributed by atoms with van der Waals surface area (Å²) < 4.78 is 14.3. The van der Waals surface area contributed by atoms with Gasteiger partial charge in [0.05, 0.1) is 11.4 Å². The molecule has 2 aromatic heterocycles. The van der Waals surface area contributed by atoms with E-state index in [2.05, 4.69) is 31.2 Å². The smallest absolute Gasteiger partial charge is 0.268 e. The molecule has 0 atom stereocenters. The van der Waals surface area contributed by atoms with Crippen LogP contribution in [-0.2, 0) is 0 Å². The summed E-state index contributed by atoms with van der Waals surface area (Å²) >= 11 is 4.34. The number of carbonyl (C=O) groups is 1. The maximum absolute atomic E-state index is 13.7. The van der Waals surface area contributed by atoms with Gasteiger partial charge in [-0.15, -0.1) is 11.3 Å². The summed E-state index contributed by atoms with van der Waals surface area (Å²) in [5.41, 5.74) is 6.70. The Morgan fingerprint density at radius 2 is 2.10 bits per heavy atom. The van der Waals surface area contributed by atoms with E-state index in [1.54, 1.807) is 6.07 Å². The molecule has 1 aromatic carbocycles. The highest BCUT2D eigenvalue weighted by atomic mass is 79.9. The summed E-state index contributed by atoms with van der Waals surface area (Å²) in [6.45, 7) is 0. The van der Waals surface area contributed by atoms with Gasteiger partial charge in [0.1, 0.15) is 21.0 Å². The largest absolute Gasteiger partial charge is 0.396 e. The van der Waals surface area contributed by atoms with Crippen molar-refractivity contribution in [3.63, 3.8) is 0 Å². The first-order chi connectivity index (χ1) is 10.1. The summed E-state index contributed by atoms with van der Waals surface area (Å²) in [4.78, 5) is 21.3. The molecule has 106 valence electrons. The Balaban J connectivity index is 1.97. The van der Waals surface area contributed by atoms with Crippen molar-refractivity contribution >= 4 is 54.9 Å². The molecule has 3 N–H and O–H groups in total. The van der Waals surface area contributed by atoms with E-state index in [1.807, 2.05) is 0 Å². The zero-order valence-corrected chi connectivity index (χ0v) is 12.8. The Labute approximate surface area is 131 Å². The van der Waals surface area contributed by atoms with Crippen molar-refractivity contribution in [3.05, 3.63) is 45.8 Å². The molecule has 3 aromatic rings. The zero-order chi connectivity index (χ0) is 15.0. The maximum atomic E-state index is 13.7. The Hall–Kier alpha value is -2.06. The Bertz CT molecular complexity index is 851. The van der Waals surface area contributed by atoms with Crippen LogP contribution in [0.4, 0.5) is 15.8 Å². The van der Waals surface area contributed by atoms with Gasteiger partial charge in [0.2, 0.25) is 0 Å². The lowest BCUT2D eigenvalue weighted by Crippen LogP contribution is -2.13. The minimum Gasteiger partial charge on any atom is -0.396 e. The van der Waals surface area contributed by atoms with Crippen LogP contribution in [0.15, 0.2) is 35.1 Å². The van der Waals surface area contributed by atoms with E-state index in [9.17, 15) is 9.18 Å². The number of nitrogens with two attached hydrogens (primary N) is 1. The van der Waals surface area contributed by atoms with E-state index in [4.69, 9.17) is 5.73 Å². The molecule has 1 amide bonds. The predicted molar refractivity (Wildman–Crippen MR) is 83.9 cm³/mol. The molecule has 0 unspecified atom stereocenters. The van der Waals surface area contributed by atoms with Gasteiger partial charge in [-0.2, -0.15) is 0 Å². The van der Waals surface area contributed by atoms with E-state index >= 15 is 0 Å². The normalized spacial score (nSPS) is 10.8. The lowest BCUT2D eigenvalue weighted by molar-refractivity contribution is 0.103. The summed E-state index contributed by atoms with van der Waals surface area (Å²) in [7, 11) is 0. The molecule has 0 aliphatic carbocycles. The standard InChI is InChI=1S/C13H8BrFN4OS/c14-6-1-2-7(15)8(5-6)19-12(20)11-9(16)10-13(21-11)18-4-3-17-10/h1-5H,16H2,(H,19,20). The van der Waals surface area contributed by atoms with Crippen LogP contribution < -0.4 is 11.1 Å². The Morgan fingerprint density at radius 1 is 1.33 bits per heavy atom. The van der Waals surface area contributed by atoms with Crippen LogP contribution in [0.1, 0.15) is 9.67 Å². The molecule has 5 nitrogen and oxygen atoms in total. The third-order valence-corrected chi connectivity index (χ3v) is 4.34. The fraction of sp³-hybridized carbons (Fsp3) is 0. The number of anilines is 2. The van der Waals surface area contributed by atoms with Crippen molar-refractivity contribution in [2.45, 2.75) is 0 Å². The number of carbonyl (C=O) groups excluding carboxylic acids is 1. The second kappa shape index (κ2) is 5.38. The van der Waals surface area contributed by atoms with Crippen LogP contribution in [0.3, 0.4) is 0 Å². The summed E-state index contributed by atoms with van der Waals surface area (Å²) in [5, 5.41) is 2.50. The number of nitrogens with one attached hydrogen (secondary N) is 1. The number of fused-ring (bicyclic) bond motifs is 1. The van der Waals surface area contributed by atoms with Gasteiger partial charge in [0.25, 0.3) is 5.91 Å². The number of nitrogen functional groups attached to an aromatic ring is 1. The van der Waals surface area contributed by atoms with E-state index in [1.165, 1.54) is 24.5 Å². The molecule has 0 aliphatic rings. The monoisotopic (exact) mass is 366 g/mol. The number of amides is 1. The lowest BCUT2D eigenvalue weighted by atomic mass is 10.3. The molecule has 8 heteroatoms. The number of benzene rings is 1. The lowest BCUT2D eigenvalue weighted by Gasteiger charge is -2.06. The van der Waals surface area contributed by atoms with Gasteiger partial charge in [-0.25, -0.2) is 14.4 Å². The van der Waals surface area contributed by atoms with Crippen molar-refractivity contribution in [2.24, 2.45) is 0 Å². The molecule has 2 heterocycles. The second-order valence-corrected chi connectivity index (χ2v) is 6.05. The van der Waals surface area contributed by atoms with Crippen LogP contribution in [0, 0.1) is 5.82 Å². The van der Waals surface area contributed by atoms with E-state index in [-0.39, 0.29) is 16.3 Å². The Kier molecular flexibility index (Phi) is 3.56. The zero-order valence-electron chi connectivity index (χ0n) is 10.4. The molecule has 0 radical (unpaired) electrons. The molecular formula is C13H8BrFN4OS. The minimum absolute atomic E-state index is 0.0761. The van der Waals surface area contributed by atoms with Gasteiger partial charge < -0.3 is 11.1 Å². The van der Waals surface area contributed by atoms with Crippen molar-refractivity contribution in [2.75, 3.05) is 11.1 Å². The first-order valence-electron chi connectivity index (χ1n) is 5.81. The van der Waals surface area contributed by atoms with Gasteiger partial charge in [0, 0.05) is 16.9 Å². The summed E-state index contributed by atoms with van der Waals surface area (Å²) in [5.74, 6) is -1.02. The molecular weight excluding hydrogens is 359 g/mol. The topological polar surface area (TPSA) is 80.9 Å². The van der Waals surface area contributed by atoms with Crippen LogP contribution in [0.5, 0.6) is 0 Å². The highest BCUT2D eigenvalue weighted by molar-refractivity contribution is 9.10. The van der Waals surface area contributed by atoms with Gasteiger partial charge in [-0.05, 0) is 18.2 Å². The van der Waals surface area contributed by atoms with Gasteiger partial charge in [-0.3, -0.25) is 4.79 Å². The SMILES string of the molecule is Nc1c(C(=O)Nc2cc(Br)ccc2F)sc2nccnc12. The third-order valence-electron chi connectivity index (χ3n) is 2.75. The van der Waals surface area contributed by atoms with Crippen LogP contribution in [0.25, 0.3) is 10.3 Å². The molecule has 21 heavy (non-hydrogen) atoms. The molecule has 0 saturated heterocycles. The molecule has 0 saturated carbocycles. The fourth-order valence-electron chi connectivity index (χ4n) is 1.78. The number of thiophene rings is 1. The number of hydrogen-bond acceptors (Lipinski definition) is 5. The molecule has 0 spiro atoms. The highest BCUT2D eigenvalue weighted by Gasteiger charge is 2.19. The first kappa shape index (κ1) is 13.9. The number of rotatable bonds is 2. The fourth-order valence-corrected chi connectivity index (χ4v) is 3.06. The van der Waals surface area contributed by atoms with Crippen LogP contribution >= 0.6 is 27.3 Å². The first-order valence-corrected chi connectivity index (χ1v) is 7.42. The van der Waals surface area contributed by atoms with Gasteiger partial charge in [-0.1, -0.05) is 15.9 Å². The number of halogens is 2. The molecule has 0 fully saturated rings. The predicted octanol–water partition coefficient (Wildman–Crippen LogP) is 3.43. The van der Waals surface area contributed by atoms with E-state index in [0.29, 0.717) is 14.8 Å². The highest BCUT2D eigenvalue weighted by Crippen LogP contribution is 2.31. The number of hydrogen-bond donors (Lipinski definition) is 2. The van der Waals surface area contributed by atoms with E-state index in [0.717, 1.165) is 11.3 Å². The second-order valence-electron chi connectivity index (χ2n) is 4.13. The maximum Gasteiger partial charge on any atom is 0.268 e. The summed E-state index contributed by atoms with van der Waals surface area (Å²) in [6.07, 6.45) is 3.02. The number of nitrogens with zero attached hydrogens (tertiary/aromatic N) is 2. The molecule has 0 aliphatic heterocycles. The van der Waals surface area contributed by atoms with Crippen LogP contribution in [0.2, 0.25) is 0 Å². The minimum atomic E-state index is -0.525.